The van der Waals surface area contributed by atoms with E-state index in [4.69, 9.17) is 0 Å². The number of aromatic hydroxyl groups is 1. The van der Waals surface area contributed by atoms with Crippen LogP contribution in [0.4, 0.5) is 11.4 Å². The number of phenols is 1. The molecule has 8 heteroatoms. The summed E-state index contributed by atoms with van der Waals surface area (Å²) in [5.41, 5.74) is 4.88. The molecule has 154 valence electrons. The number of carbonyl (C=O) groups excluding carboxylic acids is 1. The van der Waals surface area contributed by atoms with Gasteiger partial charge in [-0.2, -0.15) is 4.68 Å². The number of benzene rings is 3. The van der Waals surface area contributed by atoms with Crippen LogP contribution in [0.5, 0.6) is 5.75 Å². The zero-order valence-electron chi connectivity index (χ0n) is 16.5. The van der Waals surface area contributed by atoms with Gasteiger partial charge in [0, 0.05) is 0 Å². The fourth-order valence-electron chi connectivity index (χ4n) is 3.76. The van der Waals surface area contributed by atoms with E-state index in [1.54, 1.807) is 28.9 Å². The van der Waals surface area contributed by atoms with E-state index in [9.17, 15) is 9.90 Å². The summed E-state index contributed by atoms with van der Waals surface area (Å²) < 4.78 is 1.56. The van der Waals surface area contributed by atoms with Gasteiger partial charge in [-0.15, -0.1) is 5.10 Å². The van der Waals surface area contributed by atoms with Crippen molar-refractivity contribution in [1.29, 1.82) is 0 Å². The molecule has 5 rings (SSSR count). The zero-order chi connectivity index (χ0) is 21.2. The van der Waals surface area contributed by atoms with Crippen LogP contribution in [0.15, 0.2) is 78.0 Å². The van der Waals surface area contributed by atoms with Gasteiger partial charge in [-0.05, 0) is 70.8 Å². The smallest absolute Gasteiger partial charge is 0.242 e. The van der Waals surface area contributed by atoms with Gasteiger partial charge in [0.25, 0.3) is 0 Å². The number of carbonyl (C=O) groups is 1. The van der Waals surface area contributed by atoms with Crippen LogP contribution >= 0.6 is 11.8 Å². The highest BCUT2D eigenvalue weighted by Gasteiger charge is 2.26. The number of anilines is 2. The predicted octanol–water partition coefficient (Wildman–Crippen LogP) is 3.92. The molecule has 0 saturated heterocycles. The molecule has 1 N–H and O–H groups in total. The lowest BCUT2D eigenvalue weighted by atomic mass is 10.0. The zero-order valence-corrected chi connectivity index (χ0v) is 17.4. The maximum Gasteiger partial charge on any atom is 0.242 e. The summed E-state index contributed by atoms with van der Waals surface area (Å²) in [6.07, 6.45) is 1.78. The van der Waals surface area contributed by atoms with Crippen LogP contribution in [-0.2, 0) is 17.6 Å². The Labute approximate surface area is 183 Å². The van der Waals surface area contributed by atoms with Crippen molar-refractivity contribution in [3.05, 3.63) is 83.9 Å². The number of nitrogens with zero attached hydrogens (tertiary/aromatic N) is 5. The average Bonchev–Trinajstić information content (AvgIpc) is 3.20. The Hall–Kier alpha value is -3.65. The van der Waals surface area contributed by atoms with Crippen molar-refractivity contribution < 1.29 is 9.90 Å². The molecule has 3 aromatic carbocycles. The van der Waals surface area contributed by atoms with Gasteiger partial charge in [0.15, 0.2) is 0 Å². The van der Waals surface area contributed by atoms with Crippen molar-refractivity contribution in [3.8, 4) is 11.4 Å². The van der Waals surface area contributed by atoms with Crippen LogP contribution in [0.3, 0.4) is 0 Å². The topological polar surface area (TPSA) is 84.1 Å². The van der Waals surface area contributed by atoms with Crippen LogP contribution in [0.2, 0.25) is 0 Å². The van der Waals surface area contributed by atoms with Crippen molar-refractivity contribution in [2.45, 2.75) is 18.0 Å². The van der Waals surface area contributed by atoms with Crippen molar-refractivity contribution >= 4 is 29.0 Å². The van der Waals surface area contributed by atoms with Gasteiger partial charge >= 0.3 is 0 Å². The number of thioether (sulfide) groups is 1. The Morgan fingerprint density at radius 1 is 0.903 bits per heavy atom. The van der Waals surface area contributed by atoms with E-state index in [2.05, 4.69) is 27.7 Å². The number of fused-ring (bicyclic) bond motifs is 2. The van der Waals surface area contributed by atoms with Gasteiger partial charge in [0.1, 0.15) is 5.75 Å². The summed E-state index contributed by atoms with van der Waals surface area (Å²) in [6, 6.07) is 22.7. The van der Waals surface area contributed by atoms with E-state index < -0.39 is 0 Å². The SMILES string of the molecule is O=C(CSc1nnnn1-c1ccc(O)cc1)N1c2ccccc2CCc2ccccc21. The number of hydrogen-bond donors (Lipinski definition) is 1. The molecule has 7 nitrogen and oxygen atoms in total. The van der Waals surface area contributed by atoms with E-state index in [1.165, 1.54) is 11.8 Å². The highest BCUT2D eigenvalue weighted by atomic mass is 32.2. The molecule has 1 aliphatic rings. The number of amides is 1. The number of hydrogen-bond acceptors (Lipinski definition) is 6. The molecule has 0 bridgehead atoms. The lowest BCUT2D eigenvalue weighted by molar-refractivity contribution is -0.115. The Morgan fingerprint density at radius 2 is 1.52 bits per heavy atom. The van der Waals surface area contributed by atoms with Gasteiger partial charge in [0.2, 0.25) is 11.1 Å². The predicted molar refractivity (Wildman–Crippen MR) is 119 cm³/mol. The number of aromatic nitrogens is 4. The maximum atomic E-state index is 13.5. The molecule has 1 amide bonds. The van der Waals surface area contributed by atoms with E-state index in [-0.39, 0.29) is 17.4 Å². The molecule has 0 fully saturated rings. The Kier molecular flexibility index (Phi) is 5.13. The molecule has 0 atom stereocenters. The minimum Gasteiger partial charge on any atom is -0.508 e. The molecule has 1 aromatic heterocycles. The lowest BCUT2D eigenvalue weighted by Gasteiger charge is -2.24. The van der Waals surface area contributed by atoms with E-state index in [1.807, 2.05) is 41.3 Å². The van der Waals surface area contributed by atoms with Crippen molar-refractivity contribution in [2.75, 3.05) is 10.7 Å². The number of tetrazole rings is 1. The summed E-state index contributed by atoms with van der Waals surface area (Å²) in [6.45, 7) is 0. The third kappa shape index (κ3) is 3.77. The highest BCUT2D eigenvalue weighted by molar-refractivity contribution is 7.99. The quantitative estimate of drug-likeness (QED) is 0.495. The summed E-state index contributed by atoms with van der Waals surface area (Å²) in [5, 5.41) is 21.9. The lowest BCUT2D eigenvalue weighted by Crippen LogP contribution is -2.28. The van der Waals surface area contributed by atoms with E-state index in [0.29, 0.717) is 10.8 Å². The van der Waals surface area contributed by atoms with Crippen LogP contribution in [0.1, 0.15) is 11.1 Å². The molecular weight excluding hydrogens is 410 g/mol. The summed E-state index contributed by atoms with van der Waals surface area (Å²) >= 11 is 1.28. The fraction of sp³-hybridized carbons (Fsp3) is 0.130. The van der Waals surface area contributed by atoms with Crippen molar-refractivity contribution in [1.82, 2.24) is 20.2 Å². The number of rotatable bonds is 4. The normalized spacial score (nSPS) is 12.7. The van der Waals surface area contributed by atoms with Crippen LogP contribution in [0.25, 0.3) is 5.69 Å². The largest absolute Gasteiger partial charge is 0.508 e. The third-order valence-electron chi connectivity index (χ3n) is 5.24. The molecular formula is C23H19N5O2S. The maximum absolute atomic E-state index is 13.5. The average molecular weight is 430 g/mol. The number of aryl methyl sites for hydroxylation is 2. The van der Waals surface area contributed by atoms with Crippen LogP contribution in [0, 0.1) is 0 Å². The van der Waals surface area contributed by atoms with Crippen molar-refractivity contribution in [3.63, 3.8) is 0 Å². The monoisotopic (exact) mass is 429 g/mol. The molecule has 0 radical (unpaired) electrons. The van der Waals surface area contributed by atoms with E-state index >= 15 is 0 Å². The molecule has 0 unspecified atom stereocenters. The van der Waals surface area contributed by atoms with Crippen molar-refractivity contribution in [2.24, 2.45) is 0 Å². The number of phenolic OH excluding ortho intramolecular Hbond substituents is 1. The first-order valence-electron chi connectivity index (χ1n) is 9.90. The Balaban J connectivity index is 1.43. The van der Waals surface area contributed by atoms with Gasteiger partial charge in [-0.25, -0.2) is 0 Å². The molecule has 0 spiro atoms. The molecule has 4 aromatic rings. The summed E-state index contributed by atoms with van der Waals surface area (Å²) in [7, 11) is 0. The van der Waals surface area contributed by atoms with Gasteiger partial charge < -0.3 is 5.11 Å². The minimum absolute atomic E-state index is 0.0351. The van der Waals surface area contributed by atoms with E-state index in [0.717, 1.165) is 35.3 Å². The molecule has 1 aliphatic heterocycles. The molecule has 31 heavy (non-hydrogen) atoms. The number of para-hydroxylation sites is 2. The molecule has 0 saturated carbocycles. The van der Waals surface area contributed by atoms with Crippen LogP contribution < -0.4 is 4.90 Å². The standard InChI is InChI=1S/C23H19N5O2S/c29-19-13-11-18(12-14-19)28-23(24-25-26-28)31-15-22(30)27-20-7-3-1-5-16(20)9-10-17-6-2-4-8-21(17)27/h1-8,11-14,29H,9-10,15H2. The third-order valence-corrected chi connectivity index (χ3v) is 6.14. The molecule has 0 aliphatic carbocycles. The second-order valence-corrected chi connectivity index (χ2v) is 8.11. The second kappa shape index (κ2) is 8.23. The van der Waals surface area contributed by atoms with Gasteiger partial charge in [-0.3, -0.25) is 9.69 Å². The minimum atomic E-state index is -0.0351. The second-order valence-electron chi connectivity index (χ2n) is 7.16. The highest BCUT2D eigenvalue weighted by Crippen LogP contribution is 2.36. The Bertz CT molecular complexity index is 1190. The molecule has 2 heterocycles. The fourth-order valence-corrected chi connectivity index (χ4v) is 4.50. The summed E-state index contributed by atoms with van der Waals surface area (Å²) in [5.74, 6) is 0.313. The van der Waals surface area contributed by atoms with Gasteiger partial charge in [0.05, 0.1) is 22.8 Å². The first-order valence-corrected chi connectivity index (χ1v) is 10.9. The first kappa shape index (κ1) is 19.3. The van der Waals surface area contributed by atoms with Crippen LogP contribution in [-0.4, -0.2) is 37.0 Å². The summed E-state index contributed by atoms with van der Waals surface area (Å²) in [4.78, 5) is 15.3. The van der Waals surface area contributed by atoms with Gasteiger partial charge in [-0.1, -0.05) is 48.2 Å². The Morgan fingerprint density at radius 3 is 2.16 bits per heavy atom. The first-order chi connectivity index (χ1) is 15.2.